The molecule has 4 nitrogen and oxygen atoms in total. The fourth-order valence-corrected chi connectivity index (χ4v) is 2.80. The van der Waals surface area contributed by atoms with Crippen LogP contribution < -0.4 is 11.1 Å². The van der Waals surface area contributed by atoms with Gasteiger partial charge in [-0.2, -0.15) is 0 Å². The molecule has 4 heteroatoms. The molecule has 0 bridgehead atoms. The van der Waals surface area contributed by atoms with Crippen molar-refractivity contribution in [3.63, 3.8) is 0 Å². The minimum atomic E-state index is 0.0748. The summed E-state index contributed by atoms with van der Waals surface area (Å²) in [5.74, 6) is 0.0748. The highest BCUT2D eigenvalue weighted by atomic mass is 16.1. The van der Waals surface area contributed by atoms with Crippen LogP contribution in [0.2, 0.25) is 0 Å². The molecular weight excluding hydrogens is 262 g/mol. The van der Waals surface area contributed by atoms with E-state index in [0.717, 1.165) is 36.6 Å². The molecule has 1 aromatic rings. The van der Waals surface area contributed by atoms with Crippen molar-refractivity contribution in [2.75, 3.05) is 30.7 Å². The molecule has 1 amide bonds. The Balaban J connectivity index is 1.80. The van der Waals surface area contributed by atoms with Gasteiger partial charge in [-0.1, -0.05) is 25.3 Å². The lowest BCUT2D eigenvalue weighted by molar-refractivity contribution is -0.116. The summed E-state index contributed by atoms with van der Waals surface area (Å²) in [6, 6.07) is 5.63. The van der Waals surface area contributed by atoms with Crippen molar-refractivity contribution in [3.05, 3.63) is 23.8 Å². The lowest BCUT2D eigenvalue weighted by Crippen LogP contribution is -2.30. The zero-order chi connectivity index (χ0) is 15.1. The van der Waals surface area contributed by atoms with Gasteiger partial charge in [-0.25, -0.2) is 0 Å². The van der Waals surface area contributed by atoms with Gasteiger partial charge in [-0.3, -0.25) is 4.79 Å². The van der Waals surface area contributed by atoms with Crippen LogP contribution in [0.1, 0.15) is 44.1 Å². The first-order chi connectivity index (χ1) is 10.2. The highest BCUT2D eigenvalue weighted by Crippen LogP contribution is 2.20. The second-order valence-corrected chi connectivity index (χ2v) is 5.93. The third-order valence-electron chi connectivity index (χ3n) is 4.25. The minimum Gasteiger partial charge on any atom is -0.398 e. The van der Waals surface area contributed by atoms with E-state index in [1.807, 2.05) is 25.1 Å². The molecule has 0 spiro atoms. The number of carbonyl (C=O) groups excluding carboxylic acids is 1. The number of anilines is 2. The Labute approximate surface area is 127 Å². The summed E-state index contributed by atoms with van der Waals surface area (Å²) in [6.07, 6.45) is 7.08. The standard InChI is InChI=1S/C17H27N3O/c1-14-15(18)8-7-9-16(14)19-17(21)10-13-20-11-5-3-2-4-6-12-20/h7-9H,2-6,10-13,18H2,1H3,(H,19,21). The van der Waals surface area contributed by atoms with Gasteiger partial charge in [0, 0.05) is 24.3 Å². The Morgan fingerprint density at radius 2 is 1.86 bits per heavy atom. The molecule has 3 N–H and O–H groups in total. The number of amides is 1. The lowest BCUT2D eigenvalue weighted by atomic mass is 10.1. The molecule has 0 atom stereocenters. The van der Waals surface area contributed by atoms with Crippen molar-refractivity contribution in [2.45, 2.75) is 45.4 Å². The molecule has 0 saturated carbocycles. The van der Waals surface area contributed by atoms with Crippen LogP contribution in [-0.2, 0) is 4.79 Å². The first-order valence-electron chi connectivity index (χ1n) is 8.04. The van der Waals surface area contributed by atoms with Crippen molar-refractivity contribution in [3.8, 4) is 0 Å². The Morgan fingerprint density at radius 3 is 2.57 bits per heavy atom. The van der Waals surface area contributed by atoms with Crippen LogP contribution in [0.5, 0.6) is 0 Å². The fourth-order valence-electron chi connectivity index (χ4n) is 2.80. The van der Waals surface area contributed by atoms with Crippen LogP contribution in [-0.4, -0.2) is 30.4 Å². The van der Waals surface area contributed by atoms with Crippen LogP contribution >= 0.6 is 0 Å². The monoisotopic (exact) mass is 289 g/mol. The first-order valence-corrected chi connectivity index (χ1v) is 8.04. The maximum absolute atomic E-state index is 12.1. The average molecular weight is 289 g/mol. The number of nitrogens with zero attached hydrogens (tertiary/aromatic N) is 1. The second kappa shape index (κ2) is 8.03. The molecule has 1 aliphatic heterocycles. The molecule has 1 aromatic carbocycles. The van der Waals surface area contributed by atoms with Gasteiger partial charge in [-0.15, -0.1) is 0 Å². The average Bonchev–Trinajstić information content (AvgIpc) is 2.43. The molecule has 21 heavy (non-hydrogen) atoms. The SMILES string of the molecule is Cc1c(N)cccc1NC(=O)CCN1CCCCCCC1. The van der Waals surface area contributed by atoms with Crippen molar-refractivity contribution < 1.29 is 4.79 Å². The van der Waals surface area contributed by atoms with Gasteiger partial charge in [-0.05, 0) is 50.6 Å². The van der Waals surface area contributed by atoms with E-state index in [1.165, 1.54) is 32.1 Å². The summed E-state index contributed by atoms with van der Waals surface area (Å²) in [4.78, 5) is 14.5. The predicted molar refractivity (Wildman–Crippen MR) is 88.4 cm³/mol. The molecule has 0 radical (unpaired) electrons. The molecular formula is C17H27N3O. The summed E-state index contributed by atoms with van der Waals surface area (Å²) in [5, 5.41) is 2.97. The number of nitrogen functional groups attached to an aromatic ring is 1. The minimum absolute atomic E-state index is 0.0748. The van der Waals surface area contributed by atoms with E-state index in [1.54, 1.807) is 0 Å². The van der Waals surface area contributed by atoms with Gasteiger partial charge in [0.2, 0.25) is 5.91 Å². The predicted octanol–water partition coefficient (Wildman–Crippen LogP) is 3.17. The summed E-state index contributed by atoms with van der Waals surface area (Å²) < 4.78 is 0. The van der Waals surface area contributed by atoms with E-state index < -0.39 is 0 Å². The van der Waals surface area contributed by atoms with Crippen molar-refractivity contribution in [2.24, 2.45) is 0 Å². The largest absolute Gasteiger partial charge is 0.398 e. The number of rotatable bonds is 4. The third kappa shape index (κ3) is 5.05. The van der Waals surface area contributed by atoms with E-state index in [2.05, 4.69) is 10.2 Å². The van der Waals surface area contributed by atoms with E-state index in [-0.39, 0.29) is 5.91 Å². The van der Waals surface area contributed by atoms with E-state index >= 15 is 0 Å². The smallest absolute Gasteiger partial charge is 0.225 e. The topological polar surface area (TPSA) is 58.4 Å². The van der Waals surface area contributed by atoms with Crippen molar-refractivity contribution >= 4 is 17.3 Å². The number of likely N-dealkylation sites (tertiary alicyclic amines) is 1. The summed E-state index contributed by atoms with van der Waals surface area (Å²) in [5.41, 5.74) is 8.35. The Morgan fingerprint density at radius 1 is 1.19 bits per heavy atom. The molecule has 0 aromatic heterocycles. The third-order valence-corrected chi connectivity index (χ3v) is 4.25. The molecule has 116 valence electrons. The van der Waals surface area contributed by atoms with Crippen LogP contribution in [0, 0.1) is 6.92 Å². The van der Waals surface area contributed by atoms with E-state index in [0.29, 0.717) is 6.42 Å². The Kier molecular flexibility index (Phi) is 6.05. The number of carbonyl (C=O) groups is 1. The number of hydrogen-bond acceptors (Lipinski definition) is 3. The van der Waals surface area contributed by atoms with Gasteiger partial charge in [0.1, 0.15) is 0 Å². The number of nitrogens with two attached hydrogens (primary N) is 1. The van der Waals surface area contributed by atoms with Crippen molar-refractivity contribution in [1.29, 1.82) is 0 Å². The van der Waals surface area contributed by atoms with Crippen LogP contribution in [0.15, 0.2) is 18.2 Å². The van der Waals surface area contributed by atoms with E-state index in [9.17, 15) is 4.79 Å². The van der Waals surface area contributed by atoms with Gasteiger partial charge in [0.25, 0.3) is 0 Å². The van der Waals surface area contributed by atoms with Gasteiger partial charge < -0.3 is 16.0 Å². The summed E-state index contributed by atoms with van der Waals surface area (Å²) in [6.45, 7) is 5.05. The van der Waals surface area contributed by atoms with Crippen molar-refractivity contribution in [1.82, 2.24) is 4.90 Å². The molecule has 2 rings (SSSR count). The van der Waals surface area contributed by atoms with Crippen LogP contribution in [0.4, 0.5) is 11.4 Å². The number of nitrogens with one attached hydrogen (secondary N) is 1. The molecule has 0 aliphatic carbocycles. The molecule has 0 unspecified atom stereocenters. The second-order valence-electron chi connectivity index (χ2n) is 5.93. The molecule has 1 heterocycles. The van der Waals surface area contributed by atoms with E-state index in [4.69, 9.17) is 5.73 Å². The Hall–Kier alpha value is -1.55. The quantitative estimate of drug-likeness (QED) is 0.837. The Bertz CT molecular complexity index is 465. The summed E-state index contributed by atoms with van der Waals surface area (Å²) >= 11 is 0. The fraction of sp³-hybridized carbons (Fsp3) is 0.588. The maximum atomic E-state index is 12.1. The van der Waals surface area contributed by atoms with Gasteiger partial charge in [0.15, 0.2) is 0 Å². The number of hydrogen-bond donors (Lipinski definition) is 2. The first kappa shape index (κ1) is 15.8. The highest BCUT2D eigenvalue weighted by molar-refractivity contribution is 5.92. The van der Waals surface area contributed by atoms with Crippen LogP contribution in [0.3, 0.4) is 0 Å². The highest BCUT2D eigenvalue weighted by Gasteiger charge is 2.11. The maximum Gasteiger partial charge on any atom is 0.225 e. The molecule has 1 saturated heterocycles. The lowest BCUT2D eigenvalue weighted by Gasteiger charge is -2.24. The zero-order valence-electron chi connectivity index (χ0n) is 13.0. The van der Waals surface area contributed by atoms with Gasteiger partial charge >= 0.3 is 0 Å². The zero-order valence-corrected chi connectivity index (χ0v) is 13.0. The molecule has 1 aliphatic rings. The number of benzene rings is 1. The van der Waals surface area contributed by atoms with Crippen LogP contribution in [0.25, 0.3) is 0 Å². The van der Waals surface area contributed by atoms with Gasteiger partial charge in [0.05, 0.1) is 0 Å². The molecule has 1 fully saturated rings. The normalized spacial score (nSPS) is 17.0. The summed E-state index contributed by atoms with van der Waals surface area (Å²) in [7, 11) is 0.